The van der Waals surface area contributed by atoms with Gasteiger partial charge in [-0.2, -0.15) is 0 Å². The van der Waals surface area contributed by atoms with Crippen molar-refractivity contribution >= 4 is 6.03 Å². The predicted octanol–water partition coefficient (Wildman–Crippen LogP) is 1.69. The van der Waals surface area contributed by atoms with Gasteiger partial charge >= 0.3 is 6.03 Å². The summed E-state index contributed by atoms with van der Waals surface area (Å²) >= 11 is 0. The summed E-state index contributed by atoms with van der Waals surface area (Å²) in [4.78, 5) is 16.3. The fourth-order valence-electron chi connectivity index (χ4n) is 2.85. The lowest BCUT2D eigenvalue weighted by atomic mass is 10.1. The van der Waals surface area contributed by atoms with Crippen molar-refractivity contribution in [3.05, 3.63) is 23.8 Å². The first-order valence-corrected chi connectivity index (χ1v) is 8.18. The molecule has 0 aromatic heterocycles. The van der Waals surface area contributed by atoms with Crippen molar-refractivity contribution < 1.29 is 14.3 Å². The van der Waals surface area contributed by atoms with E-state index in [0.717, 1.165) is 62.6 Å². The third kappa shape index (κ3) is 4.07. The first-order chi connectivity index (χ1) is 11.2. The number of nitrogens with zero attached hydrogens (tertiary/aromatic N) is 2. The zero-order chi connectivity index (χ0) is 16.2. The molecule has 1 heterocycles. The normalized spacial score (nSPS) is 18.6. The molecule has 1 aromatic rings. The van der Waals surface area contributed by atoms with E-state index >= 15 is 0 Å². The molecule has 3 rings (SSSR count). The van der Waals surface area contributed by atoms with Crippen LogP contribution in [-0.4, -0.2) is 62.3 Å². The number of piperazine rings is 1. The Morgan fingerprint density at radius 2 is 1.91 bits per heavy atom. The molecule has 6 nitrogen and oxygen atoms in total. The zero-order valence-electron chi connectivity index (χ0n) is 13.9. The predicted molar refractivity (Wildman–Crippen MR) is 87.9 cm³/mol. The third-order valence-electron chi connectivity index (χ3n) is 4.45. The van der Waals surface area contributed by atoms with Crippen LogP contribution in [0.15, 0.2) is 18.2 Å². The first kappa shape index (κ1) is 15.9. The van der Waals surface area contributed by atoms with Gasteiger partial charge in [-0.15, -0.1) is 0 Å². The molecule has 0 unspecified atom stereocenters. The largest absolute Gasteiger partial charge is 0.497 e. The first-order valence-electron chi connectivity index (χ1n) is 8.18. The molecule has 23 heavy (non-hydrogen) atoms. The second-order valence-corrected chi connectivity index (χ2v) is 6.16. The highest BCUT2D eigenvalue weighted by Crippen LogP contribution is 2.25. The van der Waals surface area contributed by atoms with Crippen LogP contribution in [0.2, 0.25) is 0 Å². The number of methoxy groups -OCH3 is 2. The molecule has 0 bridgehead atoms. The molecule has 6 heteroatoms. The molecule has 1 saturated heterocycles. The van der Waals surface area contributed by atoms with Gasteiger partial charge in [-0.1, -0.05) is 0 Å². The second kappa shape index (κ2) is 7.08. The molecule has 2 aliphatic rings. The second-order valence-electron chi connectivity index (χ2n) is 6.16. The Morgan fingerprint density at radius 1 is 1.17 bits per heavy atom. The number of urea groups is 1. The summed E-state index contributed by atoms with van der Waals surface area (Å²) in [5, 5.41) is 3.05. The maximum absolute atomic E-state index is 12.1. The minimum absolute atomic E-state index is 0.0890. The third-order valence-corrected chi connectivity index (χ3v) is 4.45. The number of benzene rings is 1. The highest BCUT2D eigenvalue weighted by atomic mass is 16.5. The van der Waals surface area contributed by atoms with Crippen LogP contribution in [0.3, 0.4) is 0 Å². The highest BCUT2D eigenvalue weighted by molar-refractivity contribution is 5.75. The van der Waals surface area contributed by atoms with Crippen LogP contribution in [0.25, 0.3) is 0 Å². The molecule has 0 atom stereocenters. The monoisotopic (exact) mass is 319 g/mol. The van der Waals surface area contributed by atoms with Gasteiger partial charge in [0.1, 0.15) is 11.5 Å². The van der Waals surface area contributed by atoms with Crippen molar-refractivity contribution in [2.75, 3.05) is 40.4 Å². The van der Waals surface area contributed by atoms with Crippen LogP contribution in [0.4, 0.5) is 4.79 Å². The van der Waals surface area contributed by atoms with Crippen molar-refractivity contribution in [3.8, 4) is 11.5 Å². The summed E-state index contributed by atoms with van der Waals surface area (Å²) in [6.07, 6.45) is 2.25. The number of nitrogens with one attached hydrogen (secondary N) is 1. The topological polar surface area (TPSA) is 54.0 Å². The Kier molecular flexibility index (Phi) is 4.91. The lowest BCUT2D eigenvalue weighted by molar-refractivity contribution is 0.134. The van der Waals surface area contributed by atoms with Gasteiger partial charge in [0.25, 0.3) is 0 Å². The number of rotatable bonds is 5. The number of hydrogen-bond acceptors (Lipinski definition) is 4. The molecule has 1 N–H and O–H groups in total. The van der Waals surface area contributed by atoms with Gasteiger partial charge in [-0.25, -0.2) is 4.79 Å². The van der Waals surface area contributed by atoms with E-state index in [1.807, 2.05) is 23.1 Å². The summed E-state index contributed by atoms with van der Waals surface area (Å²) < 4.78 is 10.7. The quantitative estimate of drug-likeness (QED) is 0.897. The highest BCUT2D eigenvalue weighted by Gasteiger charge is 2.27. The van der Waals surface area contributed by atoms with Gasteiger partial charge < -0.3 is 19.7 Å². The Morgan fingerprint density at radius 3 is 2.52 bits per heavy atom. The van der Waals surface area contributed by atoms with Crippen molar-refractivity contribution in [3.63, 3.8) is 0 Å². The smallest absolute Gasteiger partial charge is 0.317 e. The number of amides is 2. The summed E-state index contributed by atoms with van der Waals surface area (Å²) in [5.41, 5.74) is 1.11. The average molecular weight is 319 g/mol. The molecule has 0 spiro atoms. The van der Waals surface area contributed by atoms with Crippen LogP contribution in [-0.2, 0) is 6.54 Å². The number of carbonyl (C=O) groups is 1. The van der Waals surface area contributed by atoms with E-state index in [2.05, 4.69) is 10.2 Å². The Balaban J connectivity index is 1.54. The average Bonchev–Trinajstić information content (AvgIpc) is 3.39. The Labute approximate surface area is 137 Å². The van der Waals surface area contributed by atoms with E-state index in [-0.39, 0.29) is 6.03 Å². The molecule has 0 radical (unpaired) electrons. The zero-order valence-corrected chi connectivity index (χ0v) is 13.9. The maximum Gasteiger partial charge on any atom is 0.317 e. The summed E-state index contributed by atoms with van der Waals surface area (Å²) in [6.45, 7) is 4.09. The van der Waals surface area contributed by atoms with Crippen LogP contribution in [0, 0.1) is 0 Å². The summed E-state index contributed by atoms with van der Waals surface area (Å²) in [6, 6.07) is 6.37. The molecule has 1 aliphatic carbocycles. The number of hydrogen-bond donors (Lipinski definition) is 1. The molecule has 1 saturated carbocycles. The molecule has 1 aliphatic heterocycles. The van der Waals surface area contributed by atoms with Gasteiger partial charge in [0, 0.05) is 44.3 Å². The van der Waals surface area contributed by atoms with Crippen LogP contribution >= 0.6 is 0 Å². The lowest BCUT2D eigenvalue weighted by Gasteiger charge is -2.35. The van der Waals surface area contributed by atoms with E-state index in [1.54, 1.807) is 14.2 Å². The molecule has 2 amide bonds. The molecular formula is C17H25N3O3. The van der Waals surface area contributed by atoms with E-state index in [0.29, 0.717) is 6.04 Å². The van der Waals surface area contributed by atoms with Crippen molar-refractivity contribution in [2.24, 2.45) is 0 Å². The van der Waals surface area contributed by atoms with E-state index in [1.165, 1.54) is 0 Å². The molecular weight excluding hydrogens is 294 g/mol. The lowest BCUT2D eigenvalue weighted by Crippen LogP contribution is -2.51. The van der Waals surface area contributed by atoms with E-state index in [4.69, 9.17) is 9.47 Å². The molecule has 2 fully saturated rings. The van der Waals surface area contributed by atoms with Crippen molar-refractivity contribution in [1.82, 2.24) is 15.1 Å². The van der Waals surface area contributed by atoms with Gasteiger partial charge in [0.05, 0.1) is 14.2 Å². The standard InChI is InChI=1S/C17H25N3O3/c1-22-15-5-6-16(23-2)13(11-15)12-19-7-9-20(10-8-19)17(21)18-14-3-4-14/h5-6,11,14H,3-4,7-10,12H2,1-2H3,(H,18,21). The van der Waals surface area contributed by atoms with E-state index in [9.17, 15) is 4.79 Å². The summed E-state index contributed by atoms with van der Waals surface area (Å²) in [7, 11) is 3.36. The van der Waals surface area contributed by atoms with Gasteiger partial charge in [-0.05, 0) is 31.0 Å². The van der Waals surface area contributed by atoms with Gasteiger partial charge in [0.2, 0.25) is 0 Å². The fourth-order valence-corrected chi connectivity index (χ4v) is 2.85. The Bertz CT molecular complexity index is 552. The van der Waals surface area contributed by atoms with Crippen molar-refractivity contribution in [2.45, 2.75) is 25.4 Å². The van der Waals surface area contributed by atoms with Crippen molar-refractivity contribution in [1.29, 1.82) is 0 Å². The summed E-state index contributed by atoms with van der Waals surface area (Å²) in [5.74, 6) is 1.71. The van der Waals surface area contributed by atoms with E-state index < -0.39 is 0 Å². The number of ether oxygens (including phenoxy) is 2. The fraction of sp³-hybridized carbons (Fsp3) is 0.588. The molecule has 126 valence electrons. The molecule has 1 aromatic carbocycles. The maximum atomic E-state index is 12.1. The minimum atomic E-state index is 0.0890. The minimum Gasteiger partial charge on any atom is -0.497 e. The Hall–Kier alpha value is -1.95. The van der Waals surface area contributed by atoms with Crippen LogP contribution in [0.1, 0.15) is 18.4 Å². The van der Waals surface area contributed by atoms with Gasteiger partial charge in [0.15, 0.2) is 0 Å². The van der Waals surface area contributed by atoms with Crippen LogP contribution < -0.4 is 14.8 Å². The van der Waals surface area contributed by atoms with Crippen LogP contribution in [0.5, 0.6) is 11.5 Å². The van der Waals surface area contributed by atoms with Gasteiger partial charge in [-0.3, -0.25) is 4.90 Å². The number of carbonyl (C=O) groups excluding carboxylic acids is 1. The SMILES string of the molecule is COc1ccc(OC)c(CN2CCN(C(=O)NC3CC3)CC2)c1.